The third-order valence-corrected chi connectivity index (χ3v) is 3.03. The number of aliphatic hydroxyl groups excluding tert-OH is 1. The minimum atomic E-state index is -0.321. The minimum Gasteiger partial charge on any atom is -0.395 e. The lowest BCUT2D eigenvalue weighted by Gasteiger charge is -2.27. The third-order valence-electron chi connectivity index (χ3n) is 3.03. The van der Waals surface area contributed by atoms with Gasteiger partial charge in [-0.15, -0.1) is 0 Å². The Hall–Kier alpha value is -1.04. The second kappa shape index (κ2) is 7.41. The van der Waals surface area contributed by atoms with E-state index in [2.05, 4.69) is 22.1 Å². The van der Waals surface area contributed by atoms with E-state index in [9.17, 15) is 4.39 Å². The lowest BCUT2D eigenvalue weighted by molar-refractivity contribution is 0.193. The Labute approximate surface area is 108 Å². The van der Waals surface area contributed by atoms with Crippen LogP contribution in [0.4, 0.5) is 4.39 Å². The maximum atomic E-state index is 12.8. The summed E-state index contributed by atoms with van der Waals surface area (Å²) in [5, 5.41) is 12.1. The van der Waals surface area contributed by atoms with E-state index in [0.29, 0.717) is 12.5 Å². The summed E-state index contributed by atoms with van der Waals surface area (Å²) < 4.78 is 12.8. The molecule has 5 heteroatoms. The average molecular weight is 255 g/mol. The van der Waals surface area contributed by atoms with Gasteiger partial charge in [-0.25, -0.2) is 4.39 Å². The fourth-order valence-corrected chi connectivity index (χ4v) is 2.15. The van der Waals surface area contributed by atoms with E-state index in [4.69, 9.17) is 5.11 Å². The molecule has 0 saturated carbocycles. The number of nitrogens with one attached hydrogen (secondary N) is 1. The van der Waals surface area contributed by atoms with Crippen LogP contribution in [-0.4, -0.2) is 48.8 Å². The lowest BCUT2D eigenvalue weighted by Crippen LogP contribution is -2.34. The highest BCUT2D eigenvalue weighted by atomic mass is 19.1. The van der Waals surface area contributed by atoms with Gasteiger partial charge in [-0.3, -0.25) is 4.98 Å². The largest absolute Gasteiger partial charge is 0.395 e. The molecular formula is C13H22FN3O. The highest BCUT2D eigenvalue weighted by molar-refractivity contribution is 5.10. The highest BCUT2D eigenvalue weighted by Crippen LogP contribution is 2.20. The van der Waals surface area contributed by atoms with Crippen LogP contribution in [0.25, 0.3) is 0 Å². The quantitative estimate of drug-likeness (QED) is 0.764. The summed E-state index contributed by atoms with van der Waals surface area (Å²) in [6.07, 6.45) is 1.24. The Morgan fingerprint density at radius 3 is 2.72 bits per heavy atom. The molecule has 102 valence electrons. The van der Waals surface area contributed by atoms with Crippen LogP contribution in [0.1, 0.15) is 18.7 Å². The average Bonchev–Trinajstić information content (AvgIpc) is 2.32. The van der Waals surface area contributed by atoms with Crippen LogP contribution in [0.5, 0.6) is 0 Å². The number of hydrogen-bond acceptors (Lipinski definition) is 4. The van der Waals surface area contributed by atoms with Gasteiger partial charge in [-0.2, -0.15) is 0 Å². The third kappa shape index (κ3) is 4.33. The standard InChI is InChI=1S/C13H22FN3O/c1-10(9-17(3)6-7-18)13(15-2)12-5-4-11(14)8-16-12/h4-5,8,10,13,15,18H,6-7,9H2,1-3H3. The van der Waals surface area contributed by atoms with E-state index in [1.807, 2.05) is 14.1 Å². The normalized spacial score (nSPS) is 14.8. The molecule has 2 atom stereocenters. The number of aromatic nitrogens is 1. The van der Waals surface area contributed by atoms with E-state index >= 15 is 0 Å². The number of aliphatic hydroxyl groups is 1. The first-order valence-corrected chi connectivity index (χ1v) is 6.16. The zero-order valence-electron chi connectivity index (χ0n) is 11.2. The van der Waals surface area contributed by atoms with Gasteiger partial charge in [-0.05, 0) is 32.1 Å². The Balaban J connectivity index is 2.67. The number of likely N-dealkylation sites (N-methyl/N-ethyl adjacent to an activating group) is 1. The van der Waals surface area contributed by atoms with E-state index in [1.54, 1.807) is 6.07 Å². The van der Waals surface area contributed by atoms with Gasteiger partial charge in [0.05, 0.1) is 24.5 Å². The molecule has 2 N–H and O–H groups in total. The molecule has 0 aliphatic carbocycles. The molecule has 0 radical (unpaired) electrons. The molecule has 1 aromatic heterocycles. The molecule has 1 heterocycles. The number of halogens is 1. The lowest BCUT2D eigenvalue weighted by atomic mass is 9.98. The molecule has 18 heavy (non-hydrogen) atoms. The van der Waals surface area contributed by atoms with Crippen LogP contribution in [0, 0.1) is 11.7 Å². The molecule has 0 fully saturated rings. The van der Waals surface area contributed by atoms with Gasteiger partial charge in [0.2, 0.25) is 0 Å². The smallest absolute Gasteiger partial charge is 0.141 e. The number of nitrogens with zero attached hydrogens (tertiary/aromatic N) is 2. The van der Waals surface area contributed by atoms with Crippen molar-refractivity contribution < 1.29 is 9.50 Å². The molecule has 1 rings (SSSR count). The maximum absolute atomic E-state index is 12.8. The monoisotopic (exact) mass is 255 g/mol. The van der Waals surface area contributed by atoms with Crippen molar-refractivity contribution in [3.05, 3.63) is 29.8 Å². The highest BCUT2D eigenvalue weighted by Gasteiger charge is 2.20. The predicted octanol–water partition coefficient (Wildman–Crippen LogP) is 1.04. The van der Waals surface area contributed by atoms with Crippen molar-refractivity contribution in [2.75, 3.05) is 33.8 Å². The molecule has 4 nitrogen and oxygen atoms in total. The zero-order valence-corrected chi connectivity index (χ0v) is 11.2. The van der Waals surface area contributed by atoms with Crippen LogP contribution >= 0.6 is 0 Å². The molecule has 0 aliphatic rings. The molecule has 0 saturated heterocycles. The van der Waals surface area contributed by atoms with Crippen molar-refractivity contribution in [1.29, 1.82) is 0 Å². The first-order valence-electron chi connectivity index (χ1n) is 6.16. The van der Waals surface area contributed by atoms with Gasteiger partial charge in [-0.1, -0.05) is 6.92 Å². The fourth-order valence-electron chi connectivity index (χ4n) is 2.15. The Kier molecular flexibility index (Phi) is 6.18. The summed E-state index contributed by atoms with van der Waals surface area (Å²) in [5.74, 6) is -0.0110. The maximum Gasteiger partial charge on any atom is 0.141 e. The first kappa shape index (κ1) is 15.0. The molecule has 0 aliphatic heterocycles. The SMILES string of the molecule is CNC(c1ccc(F)cn1)C(C)CN(C)CCO. The molecule has 0 amide bonds. The van der Waals surface area contributed by atoms with Crippen molar-refractivity contribution in [3.8, 4) is 0 Å². The molecule has 0 bridgehead atoms. The summed E-state index contributed by atoms with van der Waals surface area (Å²) >= 11 is 0. The van der Waals surface area contributed by atoms with Gasteiger partial charge in [0.25, 0.3) is 0 Å². The summed E-state index contributed by atoms with van der Waals surface area (Å²) in [5.41, 5.74) is 0.837. The molecule has 2 unspecified atom stereocenters. The van der Waals surface area contributed by atoms with Crippen molar-refractivity contribution in [1.82, 2.24) is 15.2 Å². The van der Waals surface area contributed by atoms with Crippen LogP contribution in [0.15, 0.2) is 18.3 Å². The second-order valence-corrected chi connectivity index (χ2v) is 4.63. The Morgan fingerprint density at radius 1 is 1.50 bits per heavy atom. The minimum absolute atomic E-state index is 0.0757. The Bertz CT molecular complexity index is 345. The van der Waals surface area contributed by atoms with Crippen LogP contribution in [-0.2, 0) is 0 Å². The van der Waals surface area contributed by atoms with E-state index in [0.717, 1.165) is 12.2 Å². The van der Waals surface area contributed by atoms with Gasteiger partial charge in [0.15, 0.2) is 0 Å². The summed E-state index contributed by atoms with van der Waals surface area (Å²) in [7, 11) is 3.84. The molecular weight excluding hydrogens is 233 g/mol. The van der Waals surface area contributed by atoms with E-state index in [-0.39, 0.29) is 18.5 Å². The van der Waals surface area contributed by atoms with Gasteiger partial charge in [0.1, 0.15) is 5.82 Å². The van der Waals surface area contributed by atoms with Crippen molar-refractivity contribution in [2.24, 2.45) is 5.92 Å². The molecule has 1 aromatic rings. The molecule has 0 aromatic carbocycles. The van der Waals surface area contributed by atoms with E-state index < -0.39 is 0 Å². The molecule has 0 spiro atoms. The number of hydrogen-bond donors (Lipinski definition) is 2. The van der Waals surface area contributed by atoms with Crippen molar-refractivity contribution >= 4 is 0 Å². The first-order chi connectivity index (χ1) is 8.58. The van der Waals surface area contributed by atoms with Crippen molar-refractivity contribution in [3.63, 3.8) is 0 Å². The second-order valence-electron chi connectivity index (χ2n) is 4.63. The summed E-state index contributed by atoms with van der Waals surface area (Å²) in [4.78, 5) is 6.19. The predicted molar refractivity (Wildman–Crippen MR) is 69.7 cm³/mol. The van der Waals surface area contributed by atoms with Gasteiger partial charge in [0, 0.05) is 13.1 Å². The van der Waals surface area contributed by atoms with E-state index in [1.165, 1.54) is 12.3 Å². The summed E-state index contributed by atoms with van der Waals surface area (Å²) in [6.45, 7) is 3.76. The summed E-state index contributed by atoms with van der Waals surface area (Å²) in [6, 6.07) is 3.21. The number of pyridine rings is 1. The fraction of sp³-hybridized carbons (Fsp3) is 0.615. The topological polar surface area (TPSA) is 48.4 Å². The van der Waals surface area contributed by atoms with Gasteiger partial charge >= 0.3 is 0 Å². The van der Waals surface area contributed by atoms with Gasteiger partial charge < -0.3 is 15.3 Å². The van der Waals surface area contributed by atoms with Crippen LogP contribution in [0.2, 0.25) is 0 Å². The number of rotatable bonds is 7. The van der Waals surface area contributed by atoms with Crippen LogP contribution < -0.4 is 5.32 Å². The Morgan fingerprint density at radius 2 is 2.22 bits per heavy atom. The van der Waals surface area contributed by atoms with Crippen molar-refractivity contribution in [2.45, 2.75) is 13.0 Å². The van der Waals surface area contributed by atoms with Crippen LogP contribution in [0.3, 0.4) is 0 Å². The zero-order chi connectivity index (χ0) is 13.5.